The van der Waals surface area contributed by atoms with Crippen LogP contribution in [0.2, 0.25) is 0 Å². The van der Waals surface area contributed by atoms with Crippen molar-refractivity contribution >= 4 is 23.4 Å². The molecule has 1 aromatic heterocycles. The van der Waals surface area contributed by atoms with Crippen molar-refractivity contribution in [3.05, 3.63) is 107 Å². The van der Waals surface area contributed by atoms with Gasteiger partial charge in [0.15, 0.2) is 0 Å². The number of carbonyl (C=O) groups is 2. The number of amides is 3. The van der Waals surface area contributed by atoms with Gasteiger partial charge in [-0.25, -0.2) is 9.48 Å². The second-order valence-corrected chi connectivity index (χ2v) is 13.4. The minimum atomic E-state index is -0.324. The second-order valence-electron chi connectivity index (χ2n) is 13.4. The molecule has 238 valence electrons. The van der Waals surface area contributed by atoms with E-state index in [0.717, 1.165) is 67.0 Å². The number of hydrogen-bond acceptors (Lipinski definition) is 4. The molecule has 5 rings (SSSR count). The Bertz CT molecular complexity index is 1720. The fourth-order valence-electron chi connectivity index (χ4n) is 5.80. The van der Waals surface area contributed by atoms with Crippen LogP contribution in [0.5, 0.6) is 0 Å². The van der Waals surface area contributed by atoms with Crippen LogP contribution >= 0.6 is 0 Å². The van der Waals surface area contributed by atoms with Gasteiger partial charge in [0, 0.05) is 35.8 Å². The first-order valence-electron chi connectivity index (χ1n) is 16.1. The normalized spacial score (nSPS) is 14.4. The van der Waals surface area contributed by atoms with Crippen LogP contribution in [0.15, 0.2) is 78.9 Å². The Morgan fingerprint density at radius 2 is 1.70 bits per heavy atom. The van der Waals surface area contributed by atoms with Crippen LogP contribution in [-0.4, -0.2) is 39.7 Å². The molecule has 2 N–H and O–H groups in total. The smallest absolute Gasteiger partial charge is 0.324 e. The highest BCUT2D eigenvalue weighted by atomic mass is 16.2. The summed E-state index contributed by atoms with van der Waals surface area (Å²) in [7, 11) is 0. The number of likely N-dealkylation sites (tertiary alicyclic amines) is 1. The number of piperidine rings is 1. The number of carbonyl (C=O) groups excluding carboxylic acids is 2. The maximum Gasteiger partial charge on any atom is 0.324 e. The van der Waals surface area contributed by atoms with Gasteiger partial charge < -0.3 is 10.2 Å². The number of nitriles is 1. The largest absolute Gasteiger partial charge is 0.339 e. The van der Waals surface area contributed by atoms with Gasteiger partial charge in [0.25, 0.3) is 5.91 Å². The Morgan fingerprint density at radius 3 is 2.39 bits per heavy atom. The summed E-state index contributed by atoms with van der Waals surface area (Å²) in [6.45, 7) is 11.7. The van der Waals surface area contributed by atoms with Crippen molar-refractivity contribution in [3.63, 3.8) is 0 Å². The lowest BCUT2D eigenvalue weighted by atomic mass is 9.90. The predicted molar refractivity (Wildman–Crippen MR) is 184 cm³/mol. The molecule has 1 atom stereocenters. The summed E-state index contributed by atoms with van der Waals surface area (Å²) in [4.78, 5) is 28.2. The molecule has 1 saturated heterocycles. The van der Waals surface area contributed by atoms with Crippen LogP contribution in [-0.2, 0) is 11.8 Å². The Balaban J connectivity index is 1.15. The Hall–Kier alpha value is -4.90. The number of hydrogen-bond donors (Lipinski definition) is 2. The minimum absolute atomic E-state index is 0.0408. The van der Waals surface area contributed by atoms with Crippen molar-refractivity contribution in [1.29, 1.82) is 5.26 Å². The van der Waals surface area contributed by atoms with Crippen LogP contribution in [0.25, 0.3) is 5.69 Å². The summed E-state index contributed by atoms with van der Waals surface area (Å²) in [5.74, 6) is 0.945. The van der Waals surface area contributed by atoms with Gasteiger partial charge in [-0.1, -0.05) is 62.7 Å². The molecule has 0 saturated carbocycles. The highest BCUT2D eigenvalue weighted by Gasteiger charge is 2.25. The average Bonchev–Trinajstić information content (AvgIpc) is 3.48. The molecule has 0 spiro atoms. The van der Waals surface area contributed by atoms with E-state index in [9.17, 15) is 14.9 Å². The van der Waals surface area contributed by atoms with Gasteiger partial charge in [-0.05, 0) is 93.0 Å². The van der Waals surface area contributed by atoms with Crippen molar-refractivity contribution < 1.29 is 9.59 Å². The molecule has 0 radical (unpaired) electrons. The lowest BCUT2D eigenvalue weighted by Gasteiger charge is -2.32. The average molecular weight is 617 g/mol. The number of rotatable bonds is 8. The van der Waals surface area contributed by atoms with Crippen LogP contribution < -0.4 is 10.6 Å². The fourth-order valence-corrected chi connectivity index (χ4v) is 5.80. The first-order chi connectivity index (χ1) is 22.0. The van der Waals surface area contributed by atoms with E-state index in [4.69, 9.17) is 5.10 Å². The number of benzene rings is 3. The minimum Gasteiger partial charge on any atom is -0.339 e. The van der Waals surface area contributed by atoms with Crippen molar-refractivity contribution in [2.24, 2.45) is 5.92 Å². The molecular formula is C38H44N6O2. The zero-order valence-corrected chi connectivity index (χ0v) is 27.5. The quantitative estimate of drug-likeness (QED) is 0.208. The van der Waals surface area contributed by atoms with E-state index in [1.807, 2.05) is 91.5 Å². The Labute approximate surface area is 272 Å². The molecule has 1 aliphatic heterocycles. The van der Waals surface area contributed by atoms with E-state index in [0.29, 0.717) is 17.3 Å². The van der Waals surface area contributed by atoms with E-state index in [2.05, 4.69) is 43.5 Å². The predicted octanol–water partition coefficient (Wildman–Crippen LogP) is 8.23. The lowest BCUT2D eigenvalue weighted by Crippen LogP contribution is -2.38. The van der Waals surface area contributed by atoms with Gasteiger partial charge in [-0.15, -0.1) is 0 Å². The van der Waals surface area contributed by atoms with Gasteiger partial charge >= 0.3 is 6.03 Å². The first-order valence-corrected chi connectivity index (χ1v) is 16.1. The van der Waals surface area contributed by atoms with Crippen LogP contribution in [0, 0.1) is 24.2 Å². The lowest BCUT2D eigenvalue weighted by molar-refractivity contribution is 0.0686. The van der Waals surface area contributed by atoms with E-state index >= 15 is 0 Å². The molecule has 1 fully saturated rings. The molecule has 3 aromatic carbocycles. The zero-order chi connectivity index (χ0) is 32.8. The van der Waals surface area contributed by atoms with E-state index < -0.39 is 0 Å². The number of aromatic nitrogens is 2. The number of anilines is 2. The first kappa shape index (κ1) is 32.5. The van der Waals surface area contributed by atoms with Gasteiger partial charge in [0.2, 0.25) is 0 Å². The molecule has 1 aliphatic rings. The van der Waals surface area contributed by atoms with Crippen molar-refractivity contribution in [3.8, 4) is 11.8 Å². The Morgan fingerprint density at radius 1 is 0.978 bits per heavy atom. The molecule has 0 bridgehead atoms. The molecule has 3 amide bonds. The fraction of sp³-hybridized carbons (Fsp3) is 0.368. The Kier molecular flexibility index (Phi) is 9.91. The SMILES string of the molecule is Cc1ccc(-n2nc(C(C)(C)C)cc2NC(=O)Nc2cccc(CCC3CCN(C(=O)c4cccc(C(C)C#N)c4)CC3)c2)cc1. The van der Waals surface area contributed by atoms with Gasteiger partial charge in [-0.3, -0.25) is 10.1 Å². The second kappa shape index (κ2) is 14.0. The molecule has 46 heavy (non-hydrogen) atoms. The van der Waals surface area contributed by atoms with Crippen molar-refractivity contribution in [2.45, 2.75) is 71.6 Å². The maximum absolute atomic E-state index is 13.1. The third-order valence-corrected chi connectivity index (χ3v) is 8.75. The van der Waals surface area contributed by atoms with E-state index in [1.54, 1.807) is 4.68 Å². The molecular weight excluding hydrogens is 572 g/mol. The van der Waals surface area contributed by atoms with Gasteiger partial charge in [-0.2, -0.15) is 10.4 Å². The molecule has 4 aromatic rings. The number of nitrogens with zero attached hydrogens (tertiary/aromatic N) is 4. The molecule has 1 unspecified atom stereocenters. The number of urea groups is 1. The highest BCUT2D eigenvalue weighted by molar-refractivity contribution is 5.99. The number of nitrogens with one attached hydrogen (secondary N) is 2. The van der Waals surface area contributed by atoms with Crippen molar-refractivity contribution in [1.82, 2.24) is 14.7 Å². The summed E-state index contributed by atoms with van der Waals surface area (Å²) >= 11 is 0. The zero-order valence-electron chi connectivity index (χ0n) is 27.5. The molecule has 2 heterocycles. The van der Waals surface area contributed by atoms with Gasteiger partial charge in [0.1, 0.15) is 5.82 Å². The van der Waals surface area contributed by atoms with E-state index in [-0.39, 0.29) is 23.3 Å². The van der Waals surface area contributed by atoms with Crippen LogP contribution in [0.3, 0.4) is 0 Å². The van der Waals surface area contributed by atoms with Crippen molar-refractivity contribution in [2.75, 3.05) is 23.7 Å². The topological polar surface area (TPSA) is 103 Å². The summed E-state index contributed by atoms with van der Waals surface area (Å²) in [6, 6.07) is 27.4. The molecule has 0 aliphatic carbocycles. The third kappa shape index (κ3) is 8.02. The number of aryl methyl sites for hydroxylation is 2. The summed E-state index contributed by atoms with van der Waals surface area (Å²) < 4.78 is 1.78. The van der Waals surface area contributed by atoms with Gasteiger partial charge in [0.05, 0.1) is 23.4 Å². The molecule has 8 heteroatoms. The third-order valence-electron chi connectivity index (χ3n) is 8.75. The molecule has 8 nitrogen and oxygen atoms in total. The van der Waals surface area contributed by atoms with Crippen LogP contribution in [0.4, 0.5) is 16.3 Å². The summed E-state index contributed by atoms with van der Waals surface area (Å²) in [5, 5.41) is 20.1. The maximum atomic E-state index is 13.1. The monoisotopic (exact) mass is 616 g/mol. The standard InChI is InChI=1S/C38H44N6O2/c1-26-12-16-33(17-13-26)44-35(24-34(42-44)38(3,4)5)41-37(46)40-32-11-6-8-29(22-32)15-14-28-18-20-43(21-19-28)36(45)31-10-7-9-30(23-31)27(2)25-39/h6-13,16-17,22-24,27-28H,14-15,18-21H2,1-5H3,(H2,40,41,46). The highest BCUT2D eigenvalue weighted by Crippen LogP contribution is 2.28. The van der Waals surface area contributed by atoms with E-state index in [1.165, 1.54) is 5.56 Å². The summed E-state index contributed by atoms with van der Waals surface area (Å²) in [6.07, 6.45) is 3.86. The van der Waals surface area contributed by atoms with Crippen LogP contribution in [0.1, 0.15) is 85.6 Å². The summed E-state index contributed by atoms with van der Waals surface area (Å²) in [5.41, 5.74) is 6.19.